The van der Waals surface area contributed by atoms with Crippen molar-refractivity contribution in [1.82, 2.24) is 9.80 Å². The molecule has 1 heterocycles. The van der Waals surface area contributed by atoms with Gasteiger partial charge in [-0.05, 0) is 6.92 Å². The Bertz CT molecular complexity index is 249. The minimum absolute atomic E-state index is 0.138. The highest BCUT2D eigenvalue weighted by Crippen LogP contribution is 2.07. The Kier molecular flexibility index (Phi) is 4.47. The number of carbonyl (C=O) groups excluding carboxylic acids is 1. The molecular formula is C10H19N3OS. The van der Waals surface area contributed by atoms with Gasteiger partial charge in [0.2, 0.25) is 5.91 Å². The summed E-state index contributed by atoms with van der Waals surface area (Å²) in [7, 11) is 0. The second kappa shape index (κ2) is 5.42. The van der Waals surface area contributed by atoms with Gasteiger partial charge in [-0.15, -0.1) is 0 Å². The fourth-order valence-corrected chi connectivity index (χ4v) is 1.91. The van der Waals surface area contributed by atoms with E-state index in [4.69, 9.17) is 18.0 Å². The Labute approximate surface area is 96.4 Å². The monoisotopic (exact) mass is 229 g/mol. The van der Waals surface area contributed by atoms with E-state index in [2.05, 4.69) is 4.90 Å². The molecular weight excluding hydrogens is 210 g/mol. The van der Waals surface area contributed by atoms with Crippen LogP contribution in [-0.4, -0.2) is 52.9 Å². The maximum absolute atomic E-state index is 11.4. The van der Waals surface area contributed by atoms with E-state index in [9.17, 15) is 4.79 Å². The molecule has 86 valence electrons. The molecule has 0 radical (unpaired) electrons. The summed E-state index contributed by atoms with van der Waals surface area (Å²) in [5.41, 5.74) is 5.60. The lowest BCUT2D eigenvalue weighted by Gasteiger charge is -2.37. The first-order valence-electron chi connectivity index (χ1n) is 5.37. The molecule has 0 spiro atoms. The average molecular weight is 229 g/mol. The summed E-state index contributed by atoms with van der Waals surface area (Å²) >= 11 is 4.96. The van der Waals surface area contributed by atoms with Crippen molar-refractivity contribution in [2.75, 3.05) is 26.2 Å². The minimum Gasteiger partial charge on any atom is -0.392 e. The zero-order valence-electron chi connectivity index (χ0n) is 9.40. The standard InChI is InChI=1S/C10H19N3OS/c1-3-9(14)13-6-4-12(5-7-13)8(2)10(11)15/h8H,3-7H2,1-2H3,(H2,11,15). The van der Waals surface area contributed by atoms with Crippen molar-refractivity contribution in [3.63, 3.8) is 0 Å². The largest absolute Gasteiger partial charge is 0.392 e. The number of nitrogens with zero attached hydrogens (tertiary/aromatic N) is 2. The highest BCUT2D eigenvalue weighted by molar-refractivity contribution is 7.80. The highest BCUT2D eigenvalue weighted by atomic mass is 32.1. The van der Waals surface area contributed by atoms with Gasteiger partial charge in [0, 0.05) is 32.6 Å². The van der Waals surface area contributed by atoms with Crippen LogP contribution >= 0.6 is 12.2 Å². The van der Waals surface area contributed by atoms with Crippen molar-refractivity contribution in [2.24, 2.45) is 5.73 Å². The van der Waals surface area contributed by atoms with Gasteiger partial charge in [-0.1, -0.05) is 19.1 Å². The van der Waals surface area contributed by atoms with E-state index >= 15 is 0 Å². The van der Waals surface area contributed by atoms with Crippen LogP contribution in [0.15, 0.2) is 0 Å². The third kappa shape index (κ3) is 3.14. The lowest BCUT2D eigenvalue weighted by atomic mass is 10.2. The summed E-state index contributed by atoms with van der Waals surface area (Å²) in [6.07, 6.45) is 0.588. The quantitative estimate of drug-likeness (QED) is 0.703. The van der Waals surface area contributed by atoms with Crippen LogP contribution in [0.5, 0.6) is 0 Å². The number of hydrogen-bond donors (Lipinski definition) is 1. The van der Waals surface area contributed by atoms with Gasteiger partial charge < -0.3 is 10.6 Å². The Hall–Kier alpha value is -0.680. The van der Waals surface area contributed by atoms with Crippen LogP contribution in [0.2, 0.25) is 0 Å². The Morgan fingerprint density at radius 2 is 1.93 bits per heavy atom. The van der Waals surface area contributed by atoms with E-state index < -0.39 is 0 Å². The maximum atomic E-state index is 11.4. The molecule has 2 N–H and O–H groups in total. The lowest BCUT2D eigenvalue weighted by molar-refractivity contribution is -0.132. The van der Waals surface area contributed by atoms with Crippen molar-refractivity contribution in [2.45, 2.75) is 26.3 Å². The molecule has 1 aliphatic rings. The van der Waals surface area contributed by atoms with Crippen LogP contribution in [-0.2, 0) is 4.79 Å². The van der Waals surface area contributed by atoms with E-state index in [-0.39, 0.29) is 11.9 Å². The molecule has 0 aromatic rings. The predicted octanol–water partition coefficient (Wildman–Crippen LogP) is 0.215. The molecule has 1 aliphatic heterocycles. The summed E-state index contributed by atoms with van der Waals surface area (Å²) < 4.78 is 0. The van der Waals surface area contributed by atoms with Gasteiger partial charge in [0.05, 0.1) is 11.0 Å². The van der Waals surface area contributed by atoms with E-state index in [0.29, 0.717) is 11.4 Å². The van der Waals surface area contributed by atoms with Crippen LogP contribution in [0.25, 0.3) is 0 Å². The van der Waals surface area contributed by atoms with E-state index in [1.165, 1.54) is 0 Å². The minimum atomic E-state index is 0.138. The van der Waals surface area contributed by atoms with Gasteiger partial charge in [-0.3, -0.25) is 9.69 Å². The third-order valence-corrected chi connectivity index (χ3v) is 3.27. The second-order valence-corrected chi connectivity index (χ2v) is 4.32. The summed E-state index contributed by atoms with van der Waals surface area (Å²) in [4.78, 5) is 16.1. The number of rotatable bonds is 3. The van der Waals surface area contributed by atoms with Crippen LogP contribution < -0.4 is 5.73 Å². The predicted molar refractivity (Wildman–Crippen MR) is 64.7 cm³/mol. The van der Waals surface area contributed by atoms with Gasteiger partial charge in [-0.25, -0.2) is 0 Å². The number of thiocarbonyl (C=S) groups is 1. The van der Waals surface area contributed by atoms with Crippen LogP contribution in [0.4, 0.5) is 0 Å². The molecule has 0 bridgehead atoms. The van der Waals surface area contributed by atoms with Gasteiger partial charge in [-0.2, -0.15) is 0 Å². The Morgan fingerprint density at radius 1 is 1.40 bits per heavy atom. The first-order chi connectivity index (χ1) is 7.06. The SMILES string of the molecule is CCC(=O)N1CCN(C(C)C(N)=S)CC1. The zero-order chi connectivity index (χ0) is 11.4. The van der Waals surface area contributed by atoms with Crippen LogP contribution in [0.3, 0.4) is 0 Å². The summed E-state index contributed by atoms with van der Waals surface area (Å²) in [6, 6.07) is 0.138. The molecule has 4 nitrogen and oxygen atoms in total. The van der Waals surface area contributed by atoms with E-state index in [1.54, 1.807) is 0 Å². The van der Waals surface area contributed by atoms with Crippen molar-refractivity contribution in [3.05, 3.63) is 0 Å². The first kappa shape index (κ1) is 12.4. The summed E-state index contributed by atoms with van der Waals surface area (Å²) in [5.74, 6) is 0.234. The van der Waals surface area contributed by atoms with E-state index in [1.807, 2.05) is 18.7 Å². The molecule has 0 aromatic carbocycles. The number of hydrogen-bond acceptors (Lipinski definition) is 3. The highest BCUT2D eigenvalue weighted by Gasteiger charge is 2.23. The van der Waals surface area contributed by atoms with Crippen molar-refractivity contribution < 1.29 is 4.79 Å². The van der Waals surface area contributed by atoms with Gasteiger partial charge in [0.1, 0.15) is 0 Å². The number of piperazine rings is 1. The molecule has 0 aliphatic carbocycles. The molecule has 1 saturated heterocycles. The number of amides is 1. The summed E-state index contributed by atoms with van der Waals surface area (Å²) in [6.45, 7) is 7.22. The maximum Gasteiger partial charge on any atom is 0.222 e. The Morgan fingerprint density at radius 3 is 2.33 bits per heavy atom. The molecule has 1 rings (SSSR count). The van der Waals surface area contributed by atoms with E-state index in [0.717, 1.165) is 26.2 Å². The smallest absolute Gasteiger partial charge is 0.222 e. The Balaban J connectivity index is 2.42. The molecule has 1 unspecified atom stereocenters. The first-order valence-corrected chi connectivity index (χ1v) is 5.78. The van der Waals surface area contributed by atoms with Gasteiger partial charge >= 0.3 is 0 Å². The fourth-order valence-electron chi connectivity index (χ4n) is 1.76. The van der Waals surface area contributed by atoms with Crippen molar-refractivity contribution in [1.29, 1.82) is 0 Å². The number of carbonyl (C=O) groups is 1. The van der Waals surface area contributed by atoms with Gasteiger partial charge in [0.25, 0.3) is 0 Å². The average Bonchev–Trinajstić information content (AvgIpc) is 2.27. The third-order valence-electron chi connectivity index (χ3n) is 2.93. The topological polar surface area (TPSA) is 49.6 Å². The van der Waals surface area contributed by atoms with Crippen LogP contribution in [0, 0.1) is 0 Å². The fraction of sp³-hybridized carbons (Fsp3) is 0.800. The molecule has 1 atom stereocenters. The van der Waals surface area contributed by atoms with Crippen molar-refractivity contribution >= 4 is 23.1 Å². The number of nitrogens with two attached hydrogens (primary N) is 1. The second-order valence-electron chi connectivity index (χ2n) is 3.85. The van der Waals surface area contributed by atoms with Crippen LogP contribution in [0.1, 0.15) is 20.3 Å². The van der Waals surface area contributed by atoms with Gasteiger partial charge in [0.15, 0.2) is 0 Å². The molecule has 0 saturated carbocycles. The summed E-state index contributed by atoms with van der Waals surface area (Å²) in [5, 5.41) is 0. The normalized spacial score (nSPS) is 20.0. The lowest BCUT2D eigenvalue weighted by Crippen LogP contribution is -2.53. The molecule has 5 heteroatoms. The zero-order valence-corrected chi connectivity index (χ0v) is 10.2. The molecule has 1 fully saturated rings. The molecule has 1 amide bonds. The molecule has 0 aromatic heterocycles. The molecule has 15 heavy (non-hydrogen) atoms. The van der Waals surface area contributed by atoms with Crippen molar-refractivity contribution in [3.8, 4) is 0 Å².